The predicted molar refractivity (Wildman–Crippen MR) is 114 cm³/mol. The zero-order valence-electron chi connectivity index (χ0n) is 16.9. The van der Waals surface area contributed by atoms with Gasteiger partial charge in [-0.25, -0.2) is 9.18 Å². The molecule has 0 unspecified atom stereocenters. The Morgan fingerprint density at radius 2 is 2.03 bits per heavy atom. The number of hydrogen-bond acceptors (Lipinski definition) is 3. The zero-order chi connectivity index (χ0) is 20.5. The molecule has 2 amide bonds. The molecule has 1 fully saturated rings. The summed E-state index contributed by atoms with van der Waals surface area (Å²) in [4.78, 5) is 12.0. The van der Waals surface area contributed by atoms with Crippen LogP contribution in [0.1, 0.15) is 31.2 Å². The quantitative estimate of drug-likeness (QED) is 0.579. The van der Waals surface area contributed by atoms with Crippen molar-refractivity contribution in [1.82, 2.24) is 10.6 Å². The van der Waals surface area contributed by atoms with Crippen molar-refractivity contribution in [1.29, 1.82) is 0 Å². The van der Waals surface area contributed by atoms with Gasteiger partial charge in [-0.15, -0.1) is 0 Å². The van der Waals surface area contributed by atoms with Crippen LogP contribution < -0.4 is 20.7 Å². The molecule has 1 aliphatic heterocycles. The Kier molecular flexibility index (Phi) is 7.87. The fourth-order valence-electron chi connectivity index (χ4n) is 3.78. The van der Waals surface area contributed by atoms with Crippen molar-refractivity contribution in [2.45, 2.75) is 38.1 Å². The Bertz CT molecular complexity index is 774. The minimum Gasteiger partial charge on any atom is -0.497 e. The molecule has 6 heteroatoms. The summed E-state index contributed by atoms with van der Waals surface area (Å²) in [5.41, 5.74) is 1.91. The van der Waals surface area contributed by atoms with Crippen molar-refractivity contribution in [2.75, 3.05) is 25.5 Å². The molecule has 2 aromatic rings. The largest absolute Gasteiger partial charge is 0.497 e. The fourth-order valence-corrected chi connectivity index (χ4v) is 3.78. The number of rotatable bonds is 8. The lowest BCUT2D eigenvalue weighted by Crippen LogP contribution is -2.40. The first-order valence-electron chi connectivity index (χ1n) is 10.3. The number of benzene rings is 2. The monoisotopic (exact) mass is 399 g/mol. The number of amides is 2. The molecule has 0 radical (unpaired) electrons. The summed E-state index contributed by atoms with van der Waals surface area (Å²) in [5.74, 6) is 1.13. The number of urea groups is 1. The van der Waals surface area contributed by atoms with Gasteiger partial charge in [-0.3, -0.25) is 0 Å². The van der Waals surface area contributed by atoms with Gasteiger partial charge in [-0.1, -0.05) is 18.2 Å². The molecule has 0 bridgehead atoms. The van der Waals surface area contributed by atoms with Crippen LogP contribution >= 0.6 is 0 Å². The summed E-state index contributed by atoms with van der Waals surface area (Å²) >= 11 is 0. The van der Waals surface area contributed by atoms with Gasteiger partial charge in [-0.2, -0.15) is 0 Å². The lowest BCUT2D eigenvalue weighted by atomic mass is 9.88. The van der Waals surface area contributed by atoms with Crippen LogP contribution in [0.25, 0.3) is 0 Å². The van der Waals surface area contributed by atoms with Crippen molar-refractivity contribution in [3.05, 3.63) is 59.9 Å². The van der Waals surface area contributed by atoms with Gasteiger partial charge in [0.1, 0.15) is 11.6 Å². The molecule has 1 aliphatic rings. The highest BCUT2D eigenvalue weighted by atomic mass is 19.1. The Labute approximate surface area is 172 Å². The predicted octanol–water partition coefficient (Wildman–Crippen LogP) is 4.35. The standard InChI is InChI=1S/C23H30FN3O2/c1-29-22-6-2-4-21(15-22)27-23(28)25-13-3-5-20-12-9-18(16-26-20)14-17-7-10-19(24)11-8-17/h2,4,6-8,10-11,15,18,20,26H,3,5,9,12-14,16H2,1H3,(H2,25,27,28)/t18-,20-/m1/s1. The second kappa shape index (κ2) is 10.8. The number of nitrogens with one attached hydrogen (secondary N) is 3. The van der Waals surface area contributed by atoms with E-state index in [4.69, 9.17) is 4.74 Å². The van der Waals surface area contributed by atoms with E-state index in [1.165, 1.54) is 24.1 Å². The molecule has 2 aromatic carbocycles. The fraction of sp³-hybridized carbons (Fsp3) is 0.435. The van der Waals surface area contributed by atoms with Gasteiger partial charge >= 0.3 is 6.03 Å². The third kappa shape index (κ3) is 7.06. The molecule has 5 nitrogen and oxygen atoms in total. The number of ether oxygens (including phenoxy) is 1. The normalized spacial score (nSPS) is 18.8. The maximum Gasteiger partial charge on any atom is 0.319 e. The lowest BCUT2D eigenvalue weighted by molar-refractivity contribution is 0.251. The van der Waals surface area contributed by atoms with Crippen molar-refractivity contribution < 1.29 is 13.9 Å². The highest BCUT2D eigenvalue weighted by Crippen LogP contribution is 2.21. The smallest absolute Gasteiger partial charge is 0.319 e. The SMILES string of the molecule is COc1cccc(NC(=O)NCCC[C@@H]2CC[C@H](Cc3ccc(F)cc3)CN2)c1. The number of halogens is 1. The minimum absolute atomic E-state index is 0.179. The van der Waals surface area contributed by atoms with Crippen LogP contribution in [0.5, 0.6) is 5.75 Å². The number of methoxy groups -OCH3 is 1. The van der Waals surface area contributed by atoms with Crippen molar-refractivity contribution >= 4 is 11.7 Å². The van der Waals surface area contributed by atoms with E-state index in [-0.39, 0.29) is 11.8 Å². The maximum absolute atomic E-state index is 13.0. The van der Waals surface area contributed by atoms with E-state index in [0.717, 1.165) is 32.2 Å². The first kappa shape index (κ1) is 21.1. The number of anilines is 1. The lowest BCUT2D eigenvalue weighted by Gasteiger charge is -2.30. The Morgan fingerprint density at radius 3 is 2.76 bits per heavy atom. The van der Waals surface area contributed by atoms with Crippen LogP contribution in [0.3, 0.4) is 0 Å². The summed E-state index contributed by atoms with van der Waals surface area (Å²) in [6.45, 7) is 1.64. The van der Waals surface area contributed by atoms with Gasteiger partial charge in [0.25, 0.3) is 0 Å². The summed E-state index contributed by atoms with van der Waals surface area (Å²) in [6, 6.07) is 14.4. The molecule has 0 aliphatic carbocycles. The second-order valence-corrected chi connectivity index (χ2v) is 7.63. The van der Waals surface area contributed by atoms with Gasteiger partial charge in [0, 0.05) is 24.3 Å². The second-order valence-electron chi connectivity index (χ2n) is 7.63. The van der Waals surface area contributed by atoms with E-state index in [2.05, 4.69) is 16.0 Å². The topological polar surface area (TPSA) is 62.4 Å². The molecule has 156 valence electrons. The first-order valence-corrected chi connectivity index (χ1v) is 10.3. The van der Waals surface area contributed by atoms with Crippen LogP contribution in [-0.4, -0.2) is 32.3 Å². The van der Waals surface area contributed by atoms with Crippen LogP contribution in [0, 0.1) is 11.7 Å². The number of hydrogen-bond donors (Lipinski definition) is 3. The third-order valence-electron chi connectivity index (χ3n) is 5.40. The molecule has 1 heterocycles. The van der Waals surface area contributed by atoms with Gasteiger partial charge < -0.3 is 20.7 Å². The van der Waals surface area contributed by atoms with Gasteiger partial charge in [0.15, 0.2) is 0 Å². The molecule has 0 saturated carbocycles. The molecule has 2 atom stereocenters. The molecule has 1 saturated heterocycles. The van der Waals surface area contributed by atoms with Crippen LogP contribution in [0.2, 0.25) is 0 Å². The summed E-state index contributed by atoms with van der Waals surface area (Å²) < 4.78 is 18.2. The first-order chi connectivity index (χ1) is 14.1. The average Bonchev–Trinajstić information content (AvgIpc) is 2.74. The highest BCUT2D eigenvalue weighted by Gasteiger charge is 2.20. The average molecular weight is 400 g/mol. The molecular weight excluding hydrogens is 369 g/mol. The maximum atomic E-state index is 13.0. The van der Waals surface area contributed by atoms with Gasteiger partial charge in [-0.05, 0) is 74.4 Å². The van der Waals surface area contributed by atoms with E-state index in [1.807, 2.05) is 30.3 Å². The van der Waals surface area contributed by atoms with Crippen LogP contribution in [-0.2, 0) is 6.42 Å². The Balaban J connectivity index is 1.28. The van der Waals surface area contributed by atoms with E-state index in [1.54, 1.807) is 13.2 Å². The zero-order valence-corrected chi connectivity index (χ0v) is 16.9. The minimum atomic E-state index is -0.200. The van der Waals surface area contributed by atoms with Crippen molar-refractivity contribution in [3.8, 4) is 5.75 Å². The Hall–Kier alpha value is -2.60. The van der Waals surface area contributed by atoms with Gasteiger partial charge in [0.2, 0.25) is 0 Å². The molecule has 0 spiro atoms. The van der Waals surface area contributed by atoms with E-state index in [9.17, 15) is 9.18 Å². The van der Waals surface area contributed by atoms with Crippen molar-refractivity contribution in [3.63, 3.8) is 0 Å². The van der Waals surface area contributed by atoms with Crippen LogP contribution in [0.15, 0.2) is 48.5 Å². The molecule has 29 heavy (non-hydrogen) atoms. The number of piperidine rings is 1. The van der Waals surface area contributed by atoms with E-state index < -0.39 is 0 Å². The highest BCUT2D eigenvalue weighted by molar-refractivity contribution is 5.89. The molecule has 0 aromatic heterocycles. The van der Waals surface area contributed by atoms with Crippen LogP contribution in [0.4, 0.5) is 14.9 Å². The van der Waals surface area contributed by atoms with Crippen molar-refractivity contribution in [2.24, 2.45) is 5.92 Å². The molecular formula is C23H30FN3O2. The van der Waals surface area contributed by atoms with E-state index in [0.29, 0.717) is 29.9 Å². The van der Waals surface area contributed by atoms with E-state index >= 15 is 0 Å². The molecule has 3 N–H and O–H groups in total. The Morgan fingerprint density at radius 1 is 1.21 bits per heavy atom. The summed E-state index contributed by atoms with van der Waals surface area (Å²) in [5, 5.41) is 9.35. The number of carbonyl (C=O) groups excluding carboxylic acids is 1. The third-order valence-corrected chi connectivity index (χ3v) is 5.40. The van der Waals surface area contributed by atoms with Gasteiger partial charge in [0.05, 0.1) is 7.11 Å². The summed E-state index contributed by atoms with van der Waals surface area (Å²) in [6.07, 6.45) is 5.29. The molecule has 3 rings (SSSR count). The number of carbonyl (C=O) groups is 1. The summed E-state index contributed by atoms with van der Waals surface area (Å²) in [7, 11) is 1.60.